The standard InChI is InChI=1S/C14H16N2O2/c1-9-6-7-15-12(8-9)16-13(17)10-4-2-3-5-11(10)14(16)18/h6-8,10-11H,2-5H2,1H3/t10-,11-/m1/s1. The first-order valence-electron chi connectivity index (χ1n) is 6.49. The van der Waals surface area contributed by atoms with Gasteiger partial charge in [-0.15, -0.1) is 0 Å². The van der Waals surface area contributed by atoms with E-state index in [2.05, 4.69) is 4.98 Å². The molecular formula is C14H16N2O2. The van der Waals surface area contributed by atoms with E-state index < -0.39 is 0 Å². The van der Waals surface area contributed by atoms with Gasteiger partial charge in [-0.05, 0) is 37.5 Å². The van der Waals surface area contributed by atoms with Crippen LogP contribution in [-0.2, 0) is 9.59 Å². The Morgan fingerprint density at radius 2 is 1.78 bits per heavy atom. The highest BCUT2D eigenvalue weighted by atomic mass is 16.2. The highest BCUT2D eigenvalue weighted by molar-refractivity contribution is 6.21. The molecular weight excluding hydrogens is 228 g/mol. The fraction of sp³-hybridized carbons (Fsp3) is 0.500. The minimum Gasteiger partial charge on any atom is -0.274 e. The molecule has 2 atom stereocenters. The third-order valence-corrected chi connectivity index (χ3v) is 3.97. The SMILES string of the molecule is Cc1ccnc(N2C(=O)[C@@H]3CCCC[C@H]3C2=O)c1. The molecule has 2 amide bonds. The van der Waals surface area contributed by atoms with Crippen LogP contribution in [0.2, 0.25) is 0 Å². The largest absolute Gasteiger partial charge is 0.274 e. The van der Waals surface area contributed by atoms with E-state index in [1.807, 2.05) is 13.0 Å². The van der Waals surface area contributed by atoms with Crippen molar-refractivity contribution in [2.75, 3.05) is 4.90 Å². The second-order valence-corrected chi connectivity index (χ2v) is 5.20. The van der Waals surface area contributed by atoms with Crippen molar-refractivity contribution < 1.29 is 9.59 Å². The first-order valence-corrected chi connectivity index (χ1v) is 6.49. The molecule has 0 radical (unpaired) electrons. The van der Waals surface area contributed by atoms with Crippen molar-refractivity contribution in [1.29, 1.82) is 0 Å². The van der Waals surface area contributed by atoms with Gasteiger partial charge in [-0.2, -0.15) is 0 Å². The highest BCUT2D eigenvalue weighted by Crippen LogP contribution is 2.39. The summed E-state index contributed by atoms with van der Waals surface area (Å²) in [7, 11) is 0. The van der Waals surface area contributed by atoms with Crippen molar-refractivity contribution >= 4 is 17.6 Å². The smallest absolute Gasteiger partial charge is 0.238 e. The van der Waals surface area contributed by atoms with Crippen LogP contribution in [0.25, 0.3) is 0 Å². The Hall–Kier alpha value is -1.71. The van der Waals surface area contributed by atoms with Crippen molar-refractivity contribution in [3.05, 3.63) is 23.9 Å². The van der Waals surface area contributed by atoms with Crippen LogP contribution in [0.5, 0.6) is 0 Å². The first-order chi connectivity index (χ1) is 8.68. The summed E-state index contributed by atoms with van der Waals surface area (Å²) in [5.74, 6) is 0.173. The lowest BCUT2D eigenvalue weighted by atomic mass is 9.81. The first kappa shape index (κ1) is 11.4. The van der Waals surface area contributed by atoms with E-state index in [-0.39, 0.29) is 23.7 Å². The molecule has 0 unspecified atom stereocenters. The third-order valence-electron chi connectivity index (χ3n) is 3.97. The van der Waals surface area contributed by atoms with Gasteiger partial charge in [0.2, 0.25) is 11.8 Å². The van der Waals surface area contributed by atoms with Crippen LogP contribution in [0, 0.1) is 18.8 Å². The topological polar surface area (TPSA) is 50.3 Å². The Kier molecular flexibility index (Phi) is 2.65. The molecule has 1 aliphatic heterocycles. The molecule has 1 aromatic rings. The minimum absolute atomic E-state index is 0.0530. The van der Waals surface area contributed by atoms with E-state index in [1.165, 1.54) is 4.90 Å². The fourth-order valence-corrected chi connectivity index (χ4v) is 3.03. The molecule has 1 saturated heterocycles. The zero-order chi connectivity index (χ0) is 12.7. The van der Waals surface area contributed by atoms with Crippen molar-refractivity contribution in [3.63, 3.8) is 0 Å². The van der Waals surface area contributed by atoms with Crippen LogP contribution in [-0.4, -0.2) is 16.8 Å². The summed E-state index contributed by atoms with van der Waals surface area (Å²) in [5.41, 5.74) is 1.01. The van der Waals surface area contributed by atoms with Gasteiger partial charge in [0.1, 0.15) is 5.82 Å². The van der Waals surface area contributed by atoms with Crippen LogP contribution >= 0.6 is 0 Å². The van der Waals surface area contributed by atoms with Crippen LogP contribution in [0.4, 0.5) is 5.82 Å². The van der Waals surface area contributed by atoms with Gasteiger partial charge in [0.25, 0.3) is 0 Å². The maximum Gasteiger partial charge on any atom is 0.238 e. The van der Waals surface area contributed by atoms with Crippen molar-refractivity contribution in [1.82, 2.24) is 4.98 Å². The van der Waals surface area contributed by atoms with E-state index in [0.717, 1.165) is 31.2 Å². The Labute approximate surface area is 106 Å². The molecule has 0 aromatic carbocycles. The zero-order valence-electron chi connectivity index (χ0n) is 10.4. The van der Waals surface area contributed by atoms with E-state index in [9.17, 15) is 9.59 Å². The molecule has 4 nitrogen and oxygen atoms in total. The van der Waals surface area contributed by atoms with Gasteiger partial charge in [0.15, 0.2) is 0 Å². The molecule has 0 bridgehead atoms. The number of hydrogen-bond acceptors (Lipinski definition) is 3. The quantitative estimate of drug-likeness (QED) is 0.710. The Morgan fingerprint density at radius 1 is 1.17 bits per heavy atom. The Bertz CT molecular complexity index is 488. The van der Waals surface area contributed by atoms with Gasteiger partial charge >= 0.3 is 0 Å². The molecule has 3 rings (SSSR count). The number of amides is 2. The predicted molar refractivity (Wildman–Crippen MR) is 66.9 cm³/mol. The van der Waals surface area contributed by atoms with Gasteiger partial charge < -0.3 is 0 Å². The molecule has 2 fully saturated rings. The van der Waals surface area contributed by atoms with Crippen LogP contribution in [0.1, 0.15) is 31.2 Å². The highest BCUT2D eigenvalue weighted by Gasteiger charge is 2.49. The number of rotatable bonds is 1. The lowest BCUT2D eigenvalue weighted by molar-refractivity contribution is -0.122. The Morgan fingerprint density at radius 3 is 2.33 bits per heavy atom. The summed E-state index contributed by atoms with van der Waals surface area (Å²) in [6, 6.07) is 3.66. The Balaban J connectivity index is 1.97. The number of carbonyl (C=O) groups is 2. The normalized spacial score (nSPS) is 27.5. The van der Waals surface area contributed by atoms with E-state index >= 15 is 0 Å². The maximum absolute atomic E-state index is 12.3. The van der Waals surface area contributed by atoms with E-state index in [1.54, 1.807) is 12.3 Å². The number of aryl methyl sites for hydroxylation is 1. The van der Waals surface area contributed by atoms with Crippen LogP contribution < -0.4 is 4.90 Å². The number of nitrogens with zero attached hydrogens (tertiary/aromatic N) is 2. The number of hydrogen-bond donors (Lipinski definition) is 0. The van der Waals surface area contributed by atoms with Gasteiger partial charge in [0, 0.05) is 6.20 Å². The summed E-state index contributed by atoms with van der Waals surface area (Å²) in [5, 5.41) is 0. The third kappa shape index (κ3) is 1.64. The molecule has 18 heavy (non-hydrogen) atoms. The van der Waals surface area contributed by atoms with Crippen molar-refractivity contribution in [2.24, 2.45) is 11.8 Å². The lowest BCUT2D eigenvalue weighted by Gasteiger charge is -2.19. The number of anilines is 1. The molecule has 0 spiro atoms. The van der Waals surface area contributed by atoms with Crippen LogP contribution in [0.3, 0.4) is 0 Å². The van der Waals surface area contributed by atoms with Gasteiger partial charge in [-0.3, -0.25) is 9.59 Å². The summed E-state index contributed by atoms with van der Waals surface area (Å²) in [6.45, 7) is 1.93. The summed E-state index contributed by atoms with van der Waals surface area (Å²) in [4.78, 5) is 30.1. The number of carbonyl (C=O) groups excluding carboxylic acids is 2. The molecule has 4 heteroatoms. The molecule has 1 aromatic heterocycles. The lowest BCUT2D eigenvalue weighted by Crippen LogP contribution is -2.31. The summed E-state index contributed by atoms with van der Waals surface area (Å²) >= 11 is 0. The molecule has 2 aliphatic rings. The van der Waals surface area contributed by atoms with E-state index in [4.69, 9.17) is 0 Å². The number of imide groups is 1. The van der Waals surface area contributed by atoms with E-state index in [0.29, 0.717) is 5.82 Å². The average molecular weight is 244 g/mol. The average Bonchev–Trinajstić information content (AvgIpc) is 2.63. The molecule has 94 valence electrons. The minimum atomic E-state index is -0.103. The maximum atomic E-state index is 12.3. The van der Waals surface area contributed by atoms with Crippen molar-refractivity contribution in [3.8, 4) is 0 Å². The van der Waals surface area contributed by atoms with Crippen molar-refractivity contribution in [2.45, 2.75) is 32.6 Å². The van der Waals surface area contributed by atoms with Gasteiger partial charge in [-0.25, -0.2) is 9.88 Å². The fourth-order valence-electron chi connectivity index (χ4n) is 3.03. The van der Waals surface area contributed by atoms with Gasteiger partial charge in [-0.1, -0.05) is 12.8 Å². The molecule has 1 aliphatic carbocycles. The molecule has 0 N–H and O–H groups in total. The number of pyridine rings is 1. The summed E-state index contributed by atoms with van der Waals surface area (Å²) < 4.78 is 0. The monoisotopic (exact) mass is 244 g/mol. The second-order valence-electron chi connectivity index (χ2n) is 5.20. The predicted octanol–water partition coefficient (Wildman–Crippen LogP) is 2.07. The second kappa shape index (κ2) is 4.19. The molecule has 1 saturated carbocycles. The zero-order valence-corrected chi connectivity index (χ0v) is 10.4. The van der Waals surface area contributed by atoms with Gasteiger partial charge in [0.05, 0.1) is 11.8 Å². The number of fused-ring (bicyclic) bond motifs is 1. The van der Waals surface area contributed by atoms with Crippen LogP contribution in [0.15, 0.2) is 18.3 Å². The number of aromatic nitrogens is 1. The summed E-state index contributed by atoms with van der Waals surface area (Å²) in [6.07, 6.45) is 5.44. The molecule has 2 heterocycles.